The molecule has 0 unspecified atom stereocenters. The normalized spacial score (nSPS) is 11.2. The van der Waals surface area contributed by atoms with Gasteiger partial charge in [-0.15, -0.1) is 11.3 Å². The monoisotopic (exact) mass is 429 g/mol. The van der Waals surface area contributed by atoms with Crippen LogP contribution in [0.4, 0.5) is 5.69 Å². The van der Waals surface area contributed by atoms with E-state index in [-0.39, 0.29) is 0 Å². The second-order valence-electron chi connectivity index (χ2n) is 5.34. The first-order valence-electron chi connectivity index (χ1n) is 7.41. The Bertz CT molecular complexity index is 971. The summed E-state index contributed by atoms with van der Waals surface area (Å²) in [7, 11) is 0. The molecule has 2 aromatic carbocycles. The predicted octanol–water partition coefficient (Wildman–Crippen LogP) is 6.51. The van der Waals surface area contributed by atoms with Crippen molar-refractivity contribution in [1.29, 1.82) is 5.26 Å². The van der Waals surface area contributed by atoms with E-state index in [0.717, 1.165) is 27.0 Å². The Hall–Kier alpha value is -2.13. The molecule has 0 aliphatic rings. The minimum absolute atomic E-state index is 0.484. The van der Waals surface area contributed by atoms with Gasteiger partial charge in [0.15, 0.2) is 0 Å². The van der Waals surface area contributed by atoms with Crippen LogP contribution in [-0.4, -0.2) is 4.98 Å². The SMILES string of the molecule is Cc1ccc(NC=C(C#N)c2nc(-c3ccc(Cl)cc3)cs2)c(Br)c1. The van der Waals surface area contributed by atoms with Crippen LogP contribution < -0.4 is 5.32 Å². The predicted molar refractivity (Wildman–Crippen MR) is 109 cm³/mol. The van der Waals surface area contributed by atoms with Crippen molar-refractivity contribution in [3.05, 3.63) is 74.1 Å². The van der Waals surface area contributed by atoms with Gasteiger partial charge in [0.25, 0.3) is 0 Å². The highest BCUT2D eigenvalue weighted by Gasteiger charge is 2.09. The number of halogens is 2. The van der Waals surface area contributed by atoms with Gasteiger partial charge in [0.2, 0.25) is 0 Å². The smallest absolute Gasteiger partial charge is 0.136 e. The van der Waals surface area contributed by atoms with Gasteiger partial charge in [0, 0.05) is 26.6 Å². The number of thiazole rings is 1. The molecule has 0 bridgehead atoms. The molecule has 0 fully saturated rings. The molecule has 0 spiro atoms. The van der Waals surface area contributed by atoms with E-state index in [1.165, 1.54) is 11.3 Å². The van der Waals surface area contributed by atoms with E-state index in [0.29, 0.717) is 15.6 Å². The maximum atomic E-state index is 9.47. The van der Waals surface area contributed by atoms with Gasteiger partial charge in [0.1, 0.15) is 16.6 Å². The molecule has 25 heavy (non-hydrogen) atoms. The molecular weight excluding hydrogens is 418 g/mol. The number of aryl methyl sites for hydroxylation is 1. The first kappa shape index (κ1) is 17.7. The maximum absolute atomic E-state index is 9.47. The Balaban J connectivity index is 1.84. The molecule has 3 rings (SSSR count). The summed E-state index contributed by atoms with van der Waals surface area (Å²) < 4.78 is 0.946. The number of anilines is 1. The molecule has 6 heteroatoms. The second kappa shape index (κ2) is 7.83. The van der Waals surface area contributed by atoms with Crippen LogP contribution in [0.25, 0.3) is 16.8 Å². The van der Waals surface area contributed by atoms with Crippen LogP contribution in [0.3, 0.4) is 0 Å². The third-order valence-corrected chi connectivity index (χ3v) is 5.28. The third-order valence-electron chi connectivity index (χ3n) is 3.49. The molecule has 124 valence electrons. The summed E-state index contributed by atoms with van der Waals surface area (Å²) in [4.78, 5) is 4.56. The maximum Gasteiger partial charge on any atom is 0.136 e. The number of hydrogen-bond donors (Lipinski definition) is 1. The van der Waals surface area contributed by atoms with Crippen molar-refractivity contribution in [2.75, 3.05) is 5.32 Å². The molecule has 0 aliphatic carbocycles. The van der Waals surface area contributed by atoms with Gasteiger partial charge in [-0.2, -0.15) is 5.26 Å². The summed E-state index contributed by atoms with van der Waals surface area (Å²) in [5, 5.41) is 15.9. The molecule has 0 saturated carbocycles. The highest BCUT2D eigenvalue weighted by Crippen LogP contribution is 2.28. The van der Waals surface area contributed by atoms with Crippen LogP contribution in [0.1, 0.15) is 10.6 Å². The Labute approximate surface area is 163 Å². The Kier molecular flexibility index (Phi) is 5.54. The van der Waals surface area contributed by atoms with Crippen molar-refractivity contribution in [3.63, 3.8) is 0 Å². The van der Waals surface area contributed by atoms with Crippen molar-refractivity contribution in [3.8, 4) is 17.3 Å². The van der Waals surface area contributed by atoms with Crippen molar-refractivity contribution < 1.29 is 0 Å². The van der Waals surface area contributed by atoms with E-state index in [1.54, 1.807) is 6.20 Å². The number of allylic oxidation sites excluding steroid dienone is 1. The fourth-order valence-corrected chi connectivity index (χ4v) is 3.71. The number of aromatic nitrogens is 1. The van der Waals surface area contributed by atoms with Gasteiger partial charge >= 0.3 is 0 Å². The number of hydrogen-bond acceptors (Lipinski definition) is 4. The summed E-state index contributed by atoms with van der Waals surface area (Å²) in [6.45, 7) is 2.03. The quantitative estimate of drug-likeness (QED) is 0.480. The van der Waals surface area contributed by atoms with E-state index in [4.69, 9.17) is 11.6 Å². The topological polar surface area (TPSA) is 48.7 Å². The molecule has 0 radical (unpaired) electrons. The van der Waals surface area contributed by atoms with Gasteiger partial charge in [-0.1, -0.05) is 29.8 Å². The summed E-state index contributed by atoms with van der Waals surface area (Å²) >= 11 is 10.9. The molecule has 3 nitrogen and oxygen atoms in total. The Morgan fingerprint density at radius 2 is 2.04 bits per heavy atom. The van der Waals surface area contributed by atoms with Crippen LogP contribution >= 0.6 is 38.9 Å². The molecule has 0 aliphatic heterocycles. The zero-order chi connectivity index (χ0) is 17.8. The lowest BCUT2D eigenvalue weighted by atomic mass is 10.2. The zero-order valence-electron chi connectivity index (χ0n) is 13.3. The second-order valence-corrected chi connectivity index (χ2v) is 7.49. The number of nitriles is 1. The highest BCUT2D eigenvalue weighted by atomic mass is 79.9. The third kappa shape index (κ3) is 4.29. The molecule has 0 atom stereocenters. The van der Waals surface area contributed by atoms with E-state index < -0.39 is 0 Å². The Morgan fingerprint density at radius 1 is 1.28 bits per heavy atom. The average Bonchev–Trinajstić information content (AvgIpc) is 3.07. The lowest BCUT2D eigenvalue weighted by Crippen LogP contribution is -1.92. The summed E-state index contributed by atoms with van der Waals surface area (Å²) in [5.74, 6) is 0. The first-order valence-corrected chi connectivity index (χ1v) is 9.46. The number of nitrogens with one attached hydrogen (secondary N) is 1. The molecule has 0 amide bonds. The fourth-order valence-electron chi connectivity index (χ4n) is 2.18. The van der Waals surface area contributed by atoms with Crippen molar-refractivity contribution in [2.45, 2.75) is 6.92 Å². The van der Waals surface area contributed by atoms with Gasteiger partial charge in [-0.25, -0.2) is 4.98 Å². The summed E-state index contributed by atoms with van der Waals surface area (Å²) in [5.41, 5.74) is 4.34. The van der Waals surface area contributed by atoms with Gasteiger partial charge in [-0.3, -0.25) is 0 Å². The average molecular weight is 431 g/mol. The van der Waals surface area contributed by atoms with Crippen LogP contribution in [0.5, 0.6) is 0 Å². The molecule has 3 aromatic rings. The number of benzene rings is 2. The van der Waals surface area contributed by atoms with Crippen LogP contribution in [0, 0.1) is 18.3 Å². The summed E-state index contributed by atoms with van der Waals surface area (Å²) in [6, 6.07) is 15.7. The molecule has 1 heterocycles. The Morgan fingerprint density at radius 3 is 2.72 bits per heavy atom. The first-order chi connectivity index (χ1) is 12.1. The van der Waals surface area contributed by atoms with Gasteiger partial charge in [-0.05, 0) is 52.7 Å². The number of rotatable bonds is 4. The fraction of sp³-hybridized carbons (Fsp3) is 0.0526. The minimum Gasteiger partial charge on any atom is -0.359 e. The molecular formula is C19H13BrClN3S. The largest absolute Gasteiger partial charge is 0.359 e. The molecule has 0 saturated heterocycles. The zero-order valence-corrected chi connectivity index (χ0v) is 16.4. The minimum atomic E-state index is 0.484. The van der Waals surface area contributed by atoms with E-state index in [9.17, 15) is 5.26 Å². The van der Waals surface area contributed by atoms with Crippen LogP contribution in [0.2, 0.25) is 5.02 Å². The van der Waals surface area contributed by atoms with E-state index in [1.807, 2.05) is 54.8 Å². The van der Waals surface area contributed by atoms with Crippen molar-refractivity contribution >= 4 is 50.1 Å². The van der Waals surface area contributed by atoms with Gasteiger partial charge in [0.05, 0.1) is 11.4 Å². The lowest BCUT2D eigenvalue weighted by molar-refractivity contribution is 1.36. The summed E-state index contributed by atoms with van der Waals surface area (Å²) in [6.07, 6.45) is 1.68. The molecule has 1 aromatic heterocycles. The van der Waals surface area contributed by atoms with Gasteiger partial charge < -0.3 is 5.32 Å². The number of nitrogens with zero attached hydrogens (tertiary/aromatic N) is 2. The van der Waals surface area contributed by atoms with Crippen molar-refractivity contribution in [1.82, 2.24) is 4.98 Å². The van der Waals surface area contributed by atoms with Crippen molar-refractivity contribution in [2.24, 2.45) is 0 Å². The standard InChI is InChI=1S/C19H13BrClN3S/c1-12-2-7-17(16(20)8-12)23-10-14(9-22)19-24-18(11-25-19)13-3-5-15(21)6-4-13/h2-8,10-11,23H,1H3. The van der Waals surface area contributed by atoms with Crippen LogP contribution in [-0.2, 0) is 0 Å². The van der Waals surface area contributed by atoms with E-state index in [2.05, 4.69) is 32.3 Å². The highest BCUT2D eigenvalue weighted by molar-refractivity contribution is 9.10. The van der Waals surface area contributed by atoms with Crippen LogP contribution in [0.15, 0.2) is 58.5 Å². The van der Waals surface area contributed by atoms with E-state index >= 15 is 0 Å². The lowest BCUT2D eigenvalue weighted by Gasteiger charge is -2.05. The molecule has 1 N–H and O–H groups in total.